The maximum atomic E-state index is 12.2. The minimum Gasteiger partial charge on any atom is -0.455 e. The van der Waals surface area contributed by atoms with Crippen molar-refractivity contribution in [3.8, 4) is 0 Å². The number of rotatable bonds is 8. The predicted octanol–water partition coefficient (Wildman–Crippen LogP) is 3.75. The molecule has 0 aliphatic heterocycles. The molecule has 0 fully saturated rings. The molecule has 0 bridgehead atoms. The second kappa shape index (κ2) is 9.06. The fraction of sp³-hybridized carbons (Fsp3) is 0.400. The first-order valence-electron chi connectivity index (χ1n) is 8.73. The van der Waals surface area contributed by atoms with Crippen molar-refractivity contribution in [1.29, 1.82) is 0 Å². The highest BCUT2D eigenvalue weighted by Crippen LogP contribution is 2.22. The molecule has 0 spiro atoms. The van der Waals surface area contributed by atoms with Crippen LogP contribution in [0.4, 0.5) is 5.69 Å². The molecular weight excluding hydrogens is 316 g/mol. The second-order valence-corrected chi connectivity index (χ2v) is 6.05. The second-order valence-electron chi connectivity index (χ2n) is 6.05. The van der Waals surface area contributed by atoms with Crippen LogP contribution in [0.5, 0.6) is 0 Å². The number of esters is 1. The number of benzene rings is 1. The molecule has 1 amide bonds. The first-order chi connectivity index (χ1) is 12.0. The van der Waals surface area contributed by atoms with Gasteiger partial charge in [-0.3, -0.25) is 9.59 Å². The number of carbonyl (C=O) groups excluding carboxylic acids is 2. The molecule has 2 aromatic rings. The summed E-state index contributed by atoms with van der Waals surface area (Å²) in [6.07, 6.45) is 5.69. The SMILES string of the molecule is CCc1cccc(CC)c1NC(=O)COC(=O)CC(C)n1cccc1. The average Bonchev–Trinajstić information content (AvgIpc) is 3.15. The Morgan fingerprint density at radius 2 is 1.68 bits per heavy atom. The van der Waals surface area contributed by atoms with Gasteiger partial charge >= 0.3 is 5.97 Å². The Morgan fingerprint density at radius 1 is 1.08 bits per heavy atom. The monoisotopic (exact) mass is 342 g/mol. The minimum atomic E-state index is -0.379. The topological polar surface area (TPSA) is 60.3 Å². The summed E-state index contributed by atoms with van der Waals surface area (Å²) in [6, 6.07) is 9.81. The molecule has 1 N–H and O–H groups in total. The van der Waals surface area contributed by atoms with Gasteiger partial charge in [-0.2, -0.15) is 0 Å². The van der Waals surface area contributed by atoms with Gasteiger partial charge < -0.3 is 14.6 Å². The third-order valence-electron chi connectivity index (χ3n) is 4.23. The fourth-order valence-corrected chi connectivity index (χ4v) is 2.77. The first-order valence-corrected chi connectivity index (χ1v) is 8.73. The lowest BCUT2D eigenvalue weighted by molar-refractivity contribution is -0.148. The summed E-state index contributed by atoms with van der Waals surface area (Å²) < 4.78 is 7.06. The van der Waals surface area contributed by atoms with E-state index >= 15 is 0 Å². The summed E-state index contributed by atoms with van der Waals surface area (Å²) in [5.74, 6) is -0.687. The molecule has 0 aliphatic carbocycles. The van der Waals surface area contributed by atoms with Gasteiger partial charge in [-0.1, -0.05) is 32.0 Å². The highest BCUT2D eigenvalue weighted by Gasteiger charge is 2.14. The predicted molar refractivity (Wildman–Crippen MR) is 98.5 cm³/mol. The van der Waals surface area contributed by atoms with E-state index in [-0.39, 0.29) is 30.9 Å². The molecule has 134 valence electrons. The molecule has 2 rings (SSSR count). The quantitative estimate of drug-likeness (QED) is 0.743. The molecule has 0 radical (unpaired) electrons. The fourth-order valence-electron chi connectivity index (χ4n) is 2.77. The average molecular weight is 342 g/mol. The summed E-state index contributed by atoms with van der Waals surface area (Å²) >= 11 is 0. The van der Waals surface area contributed by atoms with Crippen molar-refractivity contribution in [2.75, 3.05) is 11.9 Å². The Labute approximate surface area is 149 Å². The van der Waals surface area contributed by atoms with Crippen LogP contribution < -0.4 is 5.32 Å². The molecule has 0 aliphatic rings. The maximum absolute atomic E-state index is 12.2. The number of ether oxygens (including phenoxy) is 1. The lowest BCUT2D eigenvalue weighted by Gasteiger charge is -2.15. The third kappa shape index (κ3) is 5.21. The van der Waals surface area contributed by atoms with E-state index < -0.39 is 0 Å². The highest BCUT2D eigenvalue weighted by atomic mass is 16.5. The number of amides is 1. The largest absolute Gasteiger partial charge is 0.455 e. The van der Waals surface area contributed by atoms with Crippen molar-refractivity contribution in [2.24, 2.45) is 0 Å². The van der Waals surface area contributed by atoms with Crippen LogP contribution in [0.25, 0.3) is 0 Å². The van der Waals surface area contributed by atoms with Crippen LogP contribution >= 0.6 is 0 Å². The van der Waals surface area contributed by atoms with E-state index in [1.165, 1.54) is 0 Å². The van der Waals surface area contributed by atoms with Crippen LogP contribution in [0.2, 0.25) is 0 Å². The lowest BCUT2D eigenvalue weighted by atomic mass is 10.0. The van der Waals surface area contributed by atoms with Gasteiger partial charge in [0.05, 0.1) is 6.42 Å². The molecule has 1 aromatic carbocycles. The van der Waals surface area contributed by atoms with Crippen LogP contribution in [-0.4, -0.2) is 23.1 Å². The lowest BCUT2D eigenvalue weighted by Crippen LogP contribution is -2.23. The zero-order valence-corrected chi connectivity index (χ0v) is 15.1. The van der Waals surface area contributed by atoms with E-state index in [0.29, 0.717) is 0 Å². The van der Waals surface area contributed by atoms with Gasteiger partial charge in [0.2, 0.25) is 0 Å². The molecule has 25 heavy (non-hydrogen) atoms. The maximum Gasteiger partial charge on any atom is 0.308 e. The Kier molecular flexibility index (Phi) is 6.81. The van der Waals surface area contributed by atoms with Gasteiger partial charge in [0.15, 0.2) is 6.61 Å². The van der Waals surface area contributed by atoms with E-state index in [9.17, 15) is 9.59 Å². The van der Waals surface area contributed by atoms with Gasteiger partial charge in [0.1, 0.15) is 0 Å². The van der Waals surface area contributed by atoms with E-state index in [0.717, 1.165) is 29.7 Å². The van der Waals surface area contributed by atoms with Crippen molar-refractivity contribution in [2.45, 2.75) is 46.1 Å². The minimum absolute atomic E-state index is 0.00178. The summed E-state index contributed by atoms with van der Waals surface area (Å²) in [5, 5.41) is 2.90. The van der Waals surface area contributed by atoms with Crippen molar-refractivity contribution in [1.82, 2.24) is 4.57 Å². The number of nitrogens with zero attached hydrogens (tertiary/aromatic N) is 1. The van der Waals surface area contributed by atoms with Crippen molar-refractivity contribution in [3.05, 3.63) is 53.9 Å². The van der Waals surface area contributed by atoms with E-state index in [4.69, 9.17) is 4.74 Å². The number of carbonyl (C=O) groups is 2. The number of anilines is 1. The molecule has 0 saturated carbocycles. The van der Waals surface area contributed by atoms with Crippen LogP contribution in [0, 0.1) is 0 Å². The smallest absolute Gasteiger partial charge is 0.308 e. The van der Waals surface area contributed by atoms with Crippen molar-refractivity contribution >= 4 is 17.6 Å². The zero-order valence-electron chi connectivity index (χ0n) is 15.1. The van der Waals surface area contributed by atoms with E-state index in [1.807, 2.05) is 68.1 Å². The Morgan fingerprint density at radius 3 is 2.24 bits per heavy atom. The van der Waals surface area contributed by atoms with Gasteiger partial charge in [0, 0.05) is 24.1 Å². The number of aromatic nitrogens is 1. The summed E-state index contributed by atoms with van der Waals surface area (Å²) in [6.45, 7) is 5.77. The number of aryl methyl sites for hydroxylation is 2. The van der Waals surface area contributed by atoms with E-state index in [1.54, 1.807) is 0 Å². The first kappa shape index (κ1) is 18.8. The van der Waals surface area contributed by atoms with Crippen LogP contribution in [0.3, 0.4) is 0 Å². The summed E-state index contributed by atoms with van der Waals surface area (Å²) in [4.78, 5) is 24.1. The summed E-state index contributed by atoms with van der Waals surface area (Å²) in [5.41, 5.74) is 3.01. The number of hydrogen-bond acceptors (Lipinski definition) is 3. The van der Waals surface area contributed by atoms with Crippen LogP contribution in [0.1, 0.15) is 44.4 Å². The summed E-state index contributed by atoms with van der Waals surface area (Å²) in [7, 11) is 0. The normalized spacial score (nSPS) is 11.8. The number of hydrogen-bond donors (Lipinski definition) is 1. The van der Waals surface area contributed by atoms with Crippen LogP contribution in [0.15, 0.2) is 42.7 Å². The van der Waals surface area contributed by atoms with Crippen molar-refractivity contribution < 1.29 is 14.3 Å². The van der Waals surface area contributed by atoms with Crippen molar-refractivity contribution in [3.63, 3.8) is 0 Å². The standard InChI is InChI=1S/C20H26N2O3/c1-4-16-9-8-10-17(5-2)20(16)21-18(23)14-25-19(24)13-15(3)22-11-6-7-12-22/h6-12,15H,4-5,13-14H2,1-3H3,(H,21,23). The van der Waals surface area contributed by atoms with Gasteiger partial charge in [-0.15, -0.1) is 0 Å². The number of nitrogens with one attached hydrogen (secondary N) is 1. The Bertz CT molecular complexity index is 685. The van der Waals surface area contributed by atoms with Gasteiger partial charge in [-0.05, 0) is 43.0 Å². The van der Waals surface area contributed by atoms with Gasteiger partial charge in [0.25, 0.3) is 5.91 Å². The van der Waals surface area contributed by atoms with Crippen LogP contribution in [-0.2, 0) is 27.2 Å². The zero-order chi connectivity index (χ0) is 18.2. The van der Waals surface area contributed by atoms with E-state index in [2.05, 4.69) is 5.32 Å². The molecular formula is C20H26N2O3. The number of para-hydroxylation sites is 1. The van der Waals surface area contributed by atoms with Gasteiger partial charge in [-0.25, -0.2) is 0 Å². The Hall–Kier alpha value is -2.56. The molecule has 1 heterocycles. The molecule has 5 heteroatoms. The molecule has 1 aromatic heterocycles. The molecule has 1 unspecified atom stereocenters. The molecule has 5 nitrogen and oxygen atoms in total. The molecule has 1 atom stereocenters. The Balaban J connectivity index is 1.87. The third-order valence-corrected chi connectivity index (χ3v) is 4.23. The highest BCUT2D eigenvalue weighted by molar-refractivity contribution is 5.94. The molecule has 0 saturated heterocycles.